The summed E-state index contributed by atoms with van der Waals surface area (Å²) in [4.78, 5) is 35.1. The molecular formula is C6H11N3O5. The highest BCUT2D eigenvalue weighted by molar-refractivity contribution is 5.76. The third kappa shape index (κ3) is 8.27. The number of urea groups is 1. The van der Waals surface area contributed by atoms with Crippen LogP contribution >= 0.6 is 0 Å². The zero-order valence-electron chi connectivity index (χ0n) is 7.28. The normalized spacial score (nSPS) is 9.14. The summed E-state index contributed by atoms with van der Waals surface area (Å²) in [6, 6.07) is -0.729. The minimum Gasteiger partial charge on any atom is -0.479 e. The Morgan fingerprint density at radius 3 is 2.50 bits per heavy atom. The van der Waals surface area contributed by atoms with Gasteiger partial charge in [-0.15, -0.1) is 0 Å². The maximum Gasteiger partial charge on any atom is 0.338 e. The maximum absolute atomic E-state index is 10.7. The molecular weight excluding hydrogens is 194 g/mol. The number of rotatable bonds is 6. The predicted octanol–water partition coefficient (Wildman–Crippen LogP) is -1.82. The number of aliphatic carboxylic acids is 1. The Morgan fingerprint density at radius 1 is 1.36 bits per heavy atom. The van der Waals surface area contributed by atoms with E-state index >= 15 is 0 Å². The number of hydrogen-bond acceptors (Lipinski definition) is 4. The van der Waals surface area contributed by atoms with Gasteiger partial charge in [0.25, 0.3) is 0 Å². The number of amides is 3. The smallest absolute Gasteiger partial charge is 0.338 e. The largest absolute Gasteiger partial charge is 0.479 e. The van der Waals surface area contributed by atoms with Gasteiger partial charge in [-0.25, -0.2) is 15.1 Å². The molecule has 14 heavy (non-hydrogen) atoms. The number of nitrogens with one attached hydrogen (secondary N) is 2. The summed E-state index contributed by atoms with van der Waals surface area (Å²) in [5.41, 5.74) is 6.60. The highest BCUT2D eigenvalue weighted by atomic mass is 16.7. The van der Waals surface area contributed by atoms with E-state index in [9.17, 15) is 14.4 Å². The Morgan fingerprint density at radius 2 is 2.00 bits per heavy atom. The molecule has 80 valence electrons. The van der Waals surface area contributed by atoms with Crippen molar-refractivity contribution in [3.8, 4) is 0 Å². The fraction of sp³-hybridized carbons (Fsp3) is 0.500. The van der Waals surface area contributed by atoms with E-state index in [1.165, 1.54) is 0 Å². The van der Waals surface area contributed by atoms with E-state index in [1.807, 2.05) is 0 Å². The second-order valence-corrected chi connectivity index (χ2v) is 2.26. The molecule has 0 aromatic rings. The summed E-state index contributed by atoms with van der Waals surface area (Å²) < 4.78 is 0. The minimum absolute atomic E-state index is 0.00630. The zero-order valence-corrected chi connectivity index (χ0v) is 7.28. The molecule has 0 spiro atoms. The van der Waals surface area contributed by atoms with Crippen molar-refractivity contribution in [2.45, 2.75) is 6.42 Å². The Hall–Kier alpha value is -1.83. The molecule has 0 bridgehead atoms. The second-order valence-electron chi connectivity index (χ2n) is 2.26. The van der Waals surface area contributed by atoms with Crippen molar-refractivity contribution in [3.63, 3.8) is 0 Å². The third-order valence-corrected chi connectivity index (χ3v) is 1.02. The van der Waals surface area contributed by atoms with E-state index in [1.54, 1.807) is 5.48 Å². The van der Waals surface area contributed by atoms with Gasteiger partial charge >= 0.3 is 12.0 Å². The van der Waals surface area contributed by atoms with E-state index in [-0.39, 0.29) is 13.0 Å². The van der Waals surface area contributed by atoms with Crippen LogP contribution in [0, 0.1) is 0 Å². The number of nitrogens with two attached hydrogens (primary N) is 1. The Kier molecular flexibility index (Phi) is 5.79. The molecule has 0 aliphatic carbocycles. The lowest BCUT2D eigenvalue weighted by molar-refractivity contribution is -0.144. The highest BCUT2D eigenvalue weighted by Gasteiger charge is 2.02. The van der Waals surface area contributed by atoms with Crippen LogP contribution in [-0.2, 0) is 14.4 Å². The summed E-state index contributed by atoms with van der Waals surface area (Å²) in [6.45, 7) is -0.569. The van der Waals surface area contributed by atoms with Crippen LogP contribution in [0.15, 0.2) is 0 Å². The molecule has 0 aromatic heterocycles. The molecule has 8 nitrogen and oxygen atoms in total. The van der Waals surface area contributed by atoms with Gasteiger partial charge in [0.05, 0.1) is 0 Å². The molecule has 8 heteroatoms. The molecule has 0 aliphatic rings. The summed E-state index contributed by atoms with van der Waals surface area (Å²) in [5, 5.41) is 10.3. The van der Waals surface area contributed by atoms with Crippen LogP contribution in [0.1, 0.15) is 6.42 Å². The van der Waals surface area contributed by atoms with Gasteiger partial charge in [0, 0.05) is 13.0 Å². The van der Waals surface area contributed by atoms with Crippen molar-refractivity contribution >= 4 is 17.9 Å². The monoisotopic (exact) mass is 205 g/mol. The first-order chi connectivity index (χ1) is 6.52. The zero-order chi connectivity index (χ0) is 11.0. The summed E-state index contributed by atoms with van der Waals surface area (Å²) >= 11 is 0. The maximum atomic E-state index is 10.7. The van der Waals surface area contributed by atoms with E-state index in [0.717, 1.165) is 0 Å². The number of carbonyl (C=O) groups is 3. The van der Waals surface area contributed by atoms with Crippen LogP contribution < -0.4 is 16.5 Å². The van der Waals surface area contributed by atoms with Crippen LogP contribution in [0.5, 0.6) is 0 Å². The number of carboxylic acids is 1. The average molecular weight is 205 g/mol. The van der Waals surface area contributed by atoms with Crippen molar-refractivity contribution < 1.29 is 24.3 Å². The number of primary amides is 1. The molecule has 3 amide bonds. The van der Waals surface area contributed by atoms with Crippen LogP contribution in [-0.4, -0.2) is 36.2 Å². The van der Waals surface area contributed by atoms with Crippen LogP contribution in [0.25, 0.3) is 0 Å². The molecule has 0 atom stereocenters. The second kappa shape index (κ2) is 6.66. The van der Waals surface area contributed by atoms with Gasteiger partial charge in [0.15, 0.2) is 6.61 Å². The van der Waals surface area contributed by atoms with Gasteiger partial charge in [-0.1, -0.05) is 0 Å². The number of hydroxylamine groups is 1. The number of hydrogen-bond donors (Lipinski definition) is 4. The van der Waals surface area contributed by atoms with Gasteiger partial charge in [0.2, 0.25) is 5.91 Å². The Balaban J connectivity index is 3.37. The average Bonchev–Trinajstić information content (AvgIpc) is 2.02. The third-order valence-electron chi connectivity index (χ3n) is 1.02. The lowest BCUT2D eigenvalue weighted by atomic mass is 10.4. The highest BCUT2D eigenvalue weighted by Crippen LogP contribution is 1.74. The standard InChI is InChI=1S/C6H11N3O5/c7-4(10)1-2-8-6(13)9-14-3-5(11)12/h1-3H2,(H2,7,10)(H,11,12)(H2,8,9,13). The molecule has 0 rings (SSSR count). The lowest BCUT2D eigenvalue weighted by Crippen LogP contribution is -2.38. The van der Waals surface area contributed by atoms with Crippen molar-refractivity contribution in [1.82, 2.24) is 10.8 Å². The van der Waals surface area contributed by atoms with E-state index in [4.69, 9.17) is 10.8 Å². The SMILES string of the molecule is NC(=O)CCNC(=O)NOCC(=O)O. The Bertz CT molecular complexity index is 208. The predicted molar refractivity (Wildman–Crippen MR) is 43.9 cm³/mol. The van der Waals surface area contributed by atoms with Crippen LogP contribution in [0.4, 0.5) is 4.79 Å². The lowest BCUT2D eigenvalue weighted by Gasteiger charge is -2.04. The first-order valence-corrected chi connectivity index (χ1v) is 3.68. The fourth-order valence-electron chi connectivity index (χ4n) is 0.499. The molecule has 0 radical (unpaired) electrons. The van der Waals surface area contributed by atoms with Gasteiger partial charge < -0.3 is 16.2 Å². The molecule has 0 aromatic carbocycles. The molecule has 0 fully saturated rings. The summed E-state index contributed by atoms with van der Waals surface area (Å²) in [6.07, 6.45) is 0.00630. The topological polar surface area (TPSA) is 131 Å². The molecule has 0 aliphatic heterocycles. The molecule has 0 saturated heterocycles. The first kappa shape index (κ1) is 12.2. The first-order valence-electron chi connectivity index (χ1n) is 3.68. The van der Waals surface area contributed by atoms with E-state index < -0.39 is 24.5 Å². The van der Waals surface area contributed by atoms with E-state index in [0.29, 0.717) is 0 Å². The van der Waals surface area contributed by atoms with Crippen molar-refractivity contribution in [2.24, 2.45) is 5.73 Å². The van der Waals surface area contributed by atoms with Crippen molar-refractivity contribution in [3.05, 3.63) is 0 Å². The number of carboxylic acid groups (broad SMARTS) is 1. The van der Waals surface area contributed by atoms with Gasteiger partial charge in [-0.05, 0) is 0 Å². The van der Waals surface area contributed by atoms with Gasteiger partial charge in [0.1, 0.15) is 0 Å². The van der Waals surface area contributed by atoms with Gasteiger partial charge in [-0.3, -0.25) is 9.63 Å². The molecule has 0 unspecified atom stereocenters. The fourth-order valence-corrected chi connectivity index (χ4v) is 0.499. The molecule has 0 saturated carbocycles. The molecule has 5 N–H and O–H groups in total. The van der Waals surface area contributed by atoms with E-state index in [2.05, 4.69) is 10.2 Å². The summed E-state index contributed by atoms with van der Waals surface area (Å²) in [5.74, 6) is -1.75. The van der Waals surface area contributed by atoms with Crippen molar-refractivity contribution in [2.75, 3.05) is 13.2 Å². The van der Waals surface area contributed by atoms with Gasteiger partial charge in [-0.2, -0.15) is 0 Å². The minimum atomic E-state index is -1.21. The van der Waals surface area contributed by atoms with Crippen LogP contribution in [0.2, 0.25) is 0 Å². The van der Waals surface area contributed by atoms with Crippen molar-refractivity contribution in [1.29, 1.82) is 0 Å². The Labute approximate surface area is 79.3 Å². The number of carbonyl (C=O) groups excluding carboxylic acids is 2. The summed E-state index contributed by atoms with van der Waals surface area (Å²) in [7, 11) is 0. The quantitative estimate of drug-likeness (QED) is 0.379. The van der Waals surface area contributed by atoms with Crippen LogP contribution in [0.3, 0.4) is 0 Å². The molecule has 0 heterocycles.